The molecule has 282 valence electrons. The van der Waals surface area contributed by atoms with Gasteiger partial charge in [-0.15, -0.1) is 0 Å². The van der Waals surface area contributed by atoms with Gasteiger partial charge in [-0.3, -0.25) is 9.80 Å². The molecule has 1 N–H and O–H groups in total. The lowest BCUT2D eigenvalue weighted by atomic mass is 9.87. The average Bonchev–Trinajstić information content (AvgIpc) is 3.16. The average molecular weight is 724 g/mol. The van der Waals surface area contributed by atoms with E-state index < -0.39 is 6.10 Å². The topological polar surface area (TPSA) is 85.3 Å². The summed E-state index contributed by atoms with van der Waals surface area (Å²) in [6, 6.07) is 20.9. The quantitative estimate of drug-likeness (QED) is 0.198. The molecule has 0 saturated carbocycles. The minimum absolute atomic E-state index is 0.0716. The molecule has 0 aliphatic carbocycles. The van der Waals surface area contributed by atoms with E-state index in [-0.39, 0.29) is 18.7 Å². The molecule has 8 rings (SSSR count). The molecule has 4 aromatic carbocycles. The second kappa shape index (κ2) is 15.9. The zero-order chi connectivity index (χ0) is 37.2. The number of benzene rings is 4. The lowest BCUT2D eigenvalue weighted by Crippen LogP contribution is -2.34. The molecule has 0 saturated heterocycles. The molecule has 3 atom stereocenters. The molecule has 0 radical (unpaired) electrons. The van der Waals surface area contributed by atoms with E-state index in [1.165, 1.54) is 16.7 Å². The van der Waals surface area contributed by atoms with Crippen molar-refractivity contribution in [2.45, 2.75) is 50.8 Å². The first-order valence-corrected chi connectivity index (χ1v) is 18.7. The highest BCUT2D eigenvalue weighted by atomic mass is 16.6. The predicted octanol–water partition coefficient (Wildman–Crippen LogP) is 6.85. The van der Waals surface area contributed by atoms with Gasteiger partial charge >= 0.3 is 0 Å². The van der Waals surface area contributed by atoms with Crippen molar-refractivity contribution in [3.8, 4) is 46.0 Å². The monoisotopic (exact) mass is 723 g/mol. The van der Waals surface area contributed by atoms with Gasteiger partial charge in [-0.2, -0.15) is 0 Å². The van der Waals surface area contributed by atoms with Gasteiger partial charge in [-0.05, 0) is 124 Å². The molecule has 0 fully saturated rings. The van der Waals surface area contributed by atoms with Crippen LogP contribution in [0.15, 0.2) is 60.7 Å². The standard InChI is InChI=1S/C43H53N3O7/c1-8-44(2)25-31(47)26-51-42-40(50-7)23-30-16-18-46(4)35-20-28-11-14-36(48-5)38(21-28)52-32-12-9-27(10-13-32)19-34-33-24-39(53-43(42)41(30)35)37(49-6)22-29(33)15-17-45(34)3/h9-14,21-24,31,34-35,47H,8,15-20,25-26H2,1-7H3. The van der Waals surface area contributed by atoms with E-state index in [1.54, 1.807) is 21.3 Å². The van der Waals surface area contributed by atoms with Crippen LogP contribution in [0.1, 0.15) is 52.4 Å². The van der Waals surface area contributed by atoms with Crippen molar-refractivity contribution >= 4 is 0 Å². The van der Waals surface area contributed by atoms with E-state index in [0.717, 1.165) is 61.3 Å². The molecule has 3 unspecified atom stereocenters. The molecule has 4 aromatic rings. The number of likely N-dealkylation sites (N-methyl/N-ethyl adjacent to an activating group) is 3. The van der Waals surface area contributed by atoms with Crippen LogP contribution in [0.5, 0.6) is 46.0 Å². The van der Waals surface area contributed by atoms with Crippen molar-refractivity contribution in [1.82, 2.24) is 14.7 Å². The van der Waals surface area contributed by atoms with Gasteiger partial charge in [0.05, 0.1) is 21.3 Å². The van der Waals surface area contributed by atoms with Crippen LogP contribution >= 0.6 is 0 Å². The molecular weight excluding hydrogens is 670 g/mol. The molecule has 0 aromatic heterocycles. The van der Waals surface area contributed by atoms with E-state index in [2.05, 4.69) is 78.2 Å². The summed E-state index contributed by atoms with van der Waals surface area (Å²) in [5.41, 5.74) is 6.91. The predicted molar refractivity (Wildman–Crippen MR) is 206 cm³/mol. The molecule has 0 amide bonds. The van der Waals surface area contributed by atoms with Gasteiger partial charge in [-0.1, -0.05) is 25.1 Å². The molecular formula is C43H53N3O7. The van der Waals surface area contributed by atoms with E-state index in [0.29, 0.717) is 53.2 Å². The van der Waals surface area contributed by atoms with Crippen LogP contribution in [0.3, 0.4) is 0 Å². The number of nitrogens with zero attached hydrogens (tertiary/aromatic N) is 3. The number of methoxy groups -OCH3 is 3. The Balaban J connectivity index is 1.44. The van der Waals surface area contributed by atoms with Crippen LogP contribution in [0.4, 0.5) is 0 Å². The van der Waals surface area contributed by atoms with Gasteiger partial charge in [0, 0.05) is 37.3 Å². The van der Waals surface area contributed by atoms with Gasteiger partial charge < -0.3 is 38.4 Å². The molecule has 4 aliphatic heterocycles. The van der Waals surface area contributed by atoms with Gasteiger partial charge in [-0.25, -0.2) is 0 Å². The summed E-state index contributed by atoms with van der Waals surface area (Å²) < 4.78 is 38.1. The number of hydrogen-bond acceptors (Lipinski definition) is 10. The Bertz CT molecular complexity index is 1920. The summed E-state index contributed by atoms with van der Waals surface area (Å²) in [4.78, 5) is 6.85. The van der Waals surface area contributed by atoms with Crippen LogP contribution in [-0.4, -0.2) is 101 Å². The number of fused-ring (bicyclic) bond motifs is 2. The normalized spacial score (nSPS) is 19.0. The molecule has 4 aliphatic rings. The fourth-order valence-electron chi connectivity index (χ4n) is 7.94. The minimum atomic E-state index is -0.716. The molecule has 4 heterocycles. The third-order valence-electron chi connectivity index (χ3n) is 11.1. The maximum atomic E-state index is 11.0. The van der Waals surface area contributed by atoms with E-state index in [9.17, 15) is 5.11 Å². The first-order chi connectivity index (χ1) is 25.7. The first kappa shape index (κ1) is 36.9. The number of hydrogen-bond donors (Lipinski definition) is 1. The Kier molecular flexibility index (Phi) is 11.0. The fraction of sp³-hybridized carbons (Fsp3) is 0.442. The SMILES string of the molecule is CCN(C)CC(O)COc1c(OC)cc2c3c1Oc1cc4c(cc1OC)CCN(C)C4Cc1ccc(cc1)Oc1cc(ccc1OC)CC3N(C)CC2. The van der Waals surface area contributed by atoms with Crippen LogP contribution in [0.25, 0.3) is 0 Å². The molecule has 0 spiro atoms. The van der Waals surface area contributed by atoms with Crippen molar-refractivity contribution in [2.24, 2.45) is 0 Å². The smallest absolute Gasteiger partial charge is 0.204 e. The van der Waals surface area contributed by atoms with E-state index in [4.69, 9.17) is 28.4 Å². The molecule has 53 heavy (non-hydrogen) atoms. The number of aliphatic hydroxyl groups excluding tert-OH is 1. The summed E-state index contributed by atoms with van der Waals surface area (Å²) >= 11 is 0. The second-order valence-corrected chi connectivity index (χ2v) is 14.6. The summed E-state index contributed by atoms with van der Waals surface area (Å²) in [6.45, 7) is 5.22. The Morgan fingerprint density at radius 1 is 0.774 bits per heavy atom. The Morgan fingerprint density at radius 2 is 1.42 bits per heavy atom. The summed E-state index contributed by atoms with van der Waals surface area (Å²) in [7, 11) is 11.3. The Hall–Kier alpha value is -4.48. The minimum Gasteiger partial charge on any atom is -0.493 e. The lowest BCUT2D eigenvalue weighted by Gasteiger charge is -2.37. The highest BCUT2D eigenvalue weighted by Crippen LogP contribution is 2.52. The van der Waals surface area contributed by atoms with Crippen LogP contribution in [0, 0.1) is 0 Å². The lowest BCUT2D eigenvalue weighted by molar-refractivity contribution is 0.0753. The fourth-order valence-corrected chi connectivity index (χ4v) is 7.94. The highest BCUT2D eigenvalue weighted by Gasteiger charge is 2.35. The first-order valence-electron chi connectivity index (χ1n) is 18.7. The zero-order valence-electron chi connectivity index (χ0n) is 32.1. The van der Waals surface area contributed by atoms with Crippen molar-refractivity contribution in [3.63, 3.8) is 0 Å². The summed E-state index contributed by atoms with van der Waals surface area (Å²) in [6.07, 6.45) is 2.48. The Labute approximate surface area is 313 Å². The van der Waals surface area contributed by atoms with Crippen molar-refractivity contribution in [1.29, 1.82) is 0 Å². The highest BCUT2D eigenvalue weighted by molar-refractivity contribution is 5.64. The van der Waals surface area contributed by atoms with Crippen LogP contribution < -0.4 is 28.4 Å². The second-order valence-electron chi connectivity index (χ2n) is 14.6. The zero-order valence-corrected chi connectivity index (χ0v) is 32.1. The van der Waals surface area contributed by atoms with E-state index in [1.807, 2.05) is 25.2 Å². The molecule has 10 nitrogen and oxygen atoms in total. The van der Waals surface area contributed by atoms with Crippen molar-refractivity contribution in [2.75, 3.05) is 75.3 Å². The van der Waals surface area contributed by atoms with Gasteiger partial charge in [0.2, 0.25) is 5.75 Å². The van der Waals surface area contributed by atoms with Crippen LogP contribution in [-0.2, 0) is 25.7 Å². The maximum absolute atomic E-state index is 11.0. The summed E-state index contributed by atoms with van der Waals surface area (Å²) in [5, 5.41) is 11.0. The third kappa shape index (κ3) is 7.64. The van der Waals surface area contributed by atoms with Gasteiger partial charge in [0.15, 0.2) is 34.5 Å². The van der Waals surface area contributed by atoms with Crippen molar-refractivity contribution in [3.05, 3.63) is 94.0 Å². The summed E-state index contributed by atoms with van der Waals surface area (Å²) in [5.74, 6) is 4.97. The van der Waals surface area contributed by atoms with Gasteiger partial charge in [0.1, 0.15) is 18.5 Å². The van der Waals surface area contributed by atoms with Gasteiger partial charge in [0.25, 0.3) is 0 Å². The number of aliphatic hydroxyl groups is 1. The number of rotatable bonds is 9. The maximum Gasteiger partial charge on any atom is 0.204 e. The third-order valence-corrected chi connectivity index (χ3v) is 11.1. The Morgan fingerprint density at radius 3 is 2.13 bits per heavy atom. The number of ether oxygens (including phenoxy) is 6. The molecule has 10 heteroatoms. The van der Waals surface area contributed by atoms with Crippen molar-refractivity contribution < 1.29 is 33.5 Å². The van der Waals surface area contributed by atoms with E-state index >= 15 is 0 Å². The largest absolute Gasteiger partial charge is 0.493 e. The molecule has 6 bridgehead atoms. The van der Waals surface area contributed by atoms with Crippen LogP contribution in [0.2, 0.25) is 0 Å².